The first kappa shape index (κ1) is 32.3. The van der Waals surface area contributed by atoms with E-state index in [1.807, 2.05) is 6.20 Å². The molecule has 4 heteroatoms. The second kappa shape index (κ2) is 13.3. The summed E-state index contributed by atoms with van der Waals surface area (Å²) in [6, 6.07) is 61.4. The molecular weight excluding hydrogens is 681 g/mol. The van der Waals surface area contributed by atoms with Gasteiger partial charge in [0.2, 0.25) is 6.29 Å². The van der Waals surface area contributed by atoms with E-state index in [4.69, 9.17) is 4.99 Å². The third-order valence-electron chi connectivity index (χ3n) is 11.5. The predicted octanol–water partition coefficient (Wildman–Crippen LogP) is 12.7. The molecule has 0 saturated heterocycles. The van der Waals surface area contributed by atoms with Crippen LogP contribution in [0.15, 0.2) is 205 Å². The highest BCUT2D eigenvalue weighted by Crippen LogP contribution is 2.39. The van der Waals surface area contributed by atoms with Gasteiger partial charge >= 0.3 is 0 Å². The zero-order chi connectivity index (χ0) is 37.0. The molecule has 9 aromatic rings. The molecule has 0 amide bonds. The van der Waals surface area contributed by atoms with Crippen LogP contribution in [0, 0.1) is 0 Å². The molecule has 1 aliphatic heterocycles. The van der Waals surface area contributed by atoms with E-state index in [1.54, 1.807) is 0 Å². The maximum absolute atomic E-state index is 5.32. The van der Waals surface area contributed by atoms with Crippen LogP contribution in [0.5, 0.6) is 0 Å². The van der Waals surface area contributed by atoms with Crippen LogP contribution >= 0.6 is 0 Å². The van der Waals surface area contributed by atoms with Crippen molar-refractivity contribution in [3.8, 4) is 16.8 Å². The van der Waals surface area contributed by atoms with Gasteiger partial charge < -0.3 is 14.5 Å². The molecule has 7 aromatic carbocycles. The summed E-state index contributed by atoms with van der Waals surface area (Å²) in [6.07, 6.45) is 11.8. The number of aromatic nitrogens is 2. The van der Waals surface area contributed by atoms with Gasteiger partial charge in [0.15, 0.2) is 0 Å². The van der Waals surface area contributed by atoms with Gasteiger partial charge in [-0.05, 0) is 94.4 Å². The van der Waals surface area contributed by atoms with Crippen molar-refractivity contribution in [2.24, 2.45) is 4.99 Å². The van der Waals surface area contributed by atoms with E-state index in [0.717, 1.165) is 28.7 Å². The molecule has 56 heavy (non-hydrogen) atoms. The Kier molecular flexibility index (Phi) is 7.66. The van der Waals surface area contributed by atoms with E-state index >= 15 is 0 Å². The lowest BCUT2D eigenvalue weighted by molar-refractivity contribution is 0.498. The van der Waals surface area contributed by atoms with Gasteiger partial charge in [0.1, 0.15) is 0 Å². The van der Waals surface area contributed by atoms with Crippen LogP contribution in [0.2, 0.25) is 0 Å². The van der Waals surface area contributed by atoms with Crippen molar-refractivity contribution in [1.82, 2.24) is 14.5 Å². The van der Waals surface area contributed by atoms with Crippen LogP contribution in [0.25, 0.3) is 66.0 Å². The van der Waals surface area contributed by atoms with Gasteiger partial charge in [0.25, 0.3) is 0 Å². The molecule has 1 aliphatic carbocycles. The lowest BCUT2D eigenvalue weighted by Gasteiger charge is -2.22. The molecule has 11 rings (SSSR count). The van der Waals surface area contributed by atoms with Crippen molar-refractivity contribution in [3.63, 3.8) is 0 Å². The minimum absolute atomic E-state index is 0.289. The molecule has 0 fully saturated rings. The monoisotopic (exact) mass is 718 g/mol. The SMILES string of the molecule is C1=CC(c2ccccc2)=CC(c2ccc(C3=NC(n4c5ccccc5c5cc(-c6ccc7c(c6)c6ccccc6n7-c6ccccc6)ccc54)NC=C3)cc2)C1. The average molecular weight is 719 g/mol. The summed E-state index contributed by atoms with van der Waals surface area (Å²) in [6.45, 7) is 0. The Labute approximate surface area is 325 Å². The fourth-order valence-corrected chi connectivity index (χ4v) is 8.82. The van der Waals surface area contributed by atoms with Gasteiger partial charge in [-0.1, -0.05) is 140 Å². The minimum atomic E-state index is -0.289. The van der Waals surface area contributed by atoms with Crippen molar-refractivity contribution in [2.45, 2.75) is 18.6 Å². The summed E-state index contributed by atoms with van der Waals surface area (Å²) in [5.41, 5.74) is 14.2. The minimum Gasteiger partial charge on any atom is -0.353 e. The van der Waals surface area contributed by atoms with Crippen molar-refractivity contribution >= 4 is 54.9 Å². The molecular formula is C52H38N4. The van der Waals surface area contributed by atoms with Crippen molar-refractivity contribution in [3.05, 3.63) is 217 Å². The van der Waals surface area contributed by atoms with Crippen LogP contribution in [-0.2, 0) is 0 Å². The van der Waals surface area contributed by atoms with Gasteiger partial charge in [0, 0.05) is 39.4 Å². The predicted molar refractivity (Wildman–Crippen MR) is 234 cm³/mol. The maximum Gasteiger partial charge on any atom is 0.201 e. The summed E-state index contributed by atoms with van der Waals surface area (Å²) >= 11 is 0. The number of fused-ring (bicyclic) bond motifs is 6. The first-order valence-electron chi connectivity index (χ1n) is 19.4. The molecule has 3 heterocycles. The molecule has 1 N–H and O–H groups in total. The molecule has 266 valence electrons. The van der Waals surface area contributed by atoms with Gasteiger partial charge in [-0.3, -0.25) is 0 Å². The van der Waals surface area contributed by atoms with Crippen molar-refractivity contribution in [1.29, 1.82) is 0 Å². The third kappa shape index (κ3) is 5.41. The molecule has 0 bridgehead atoms. The standard InChI is InChI=1S/C52H38N4/c1-3-12-35(13-4-1)38-14-11-15-39(32-38)36-22-24-37(25-23-36)47-30-31-53-52(54-47)56-49-21-10-8-19-44(49)46-34-41(27-29-51(46)56)40-26-28-50-45(33-40)43-18-7-9-20-48(43)55(50)42-16-5-2-6-17-42/h1-14,16-34,39,52-53H,15H2. The topological polar surface area (TPSA) is 34.2 Å². The van der Waals surface area contributed by atoms with Gasteiger partial charge in [-0.15, -0.1) is 0 Å². The first-order chi connectivity index (χ1) is 27.8. The number of aliphatic imine (C=N–C) groups is 1. The molecule has 2 aromatic heterocycles. The quantitative estimate of drug-likeness (QED) is 0.182. The van der Waals surface area contributed by atoms with E-state index < -0.39 is 0 Å². The van der Waals surface area contributed by atoms with Crippen molar-refractivity contribution < 1.29 is 0 Å². The number of nitrogens with zero attached hydrogens (tertiary/aromatic N) is 3. The second-order valence-electron chi connectivity index (χ2n) is 14.8. The molecule has 0 radical (unpaired) electrons. The van der Waals surface area contributed by atoms with E-state index in [1.165, 1.54) is 66.1 Å². The third-order valence-corrected chi connectivity index (χ3v) is 11.5. The Balaban J connectivity index is 0.944. The molecule has 2 atom stereocenters. The molecule has 2 aliphatic rings. The van der Waals surface area contributed by atoms with Crippen LogP contribution < -0.4 is 5.32 Å². The molecule has 4 nitrogen and oxygen atoms in total. The Morgan fingerprint density at radius 1 is 0.500 bits per heavy atom. The largest absolute Gasteiger partial charge is 0.353 e. The van der Waals surface area contributed by atoms with Crippen molar-refractivity contribution in [2.75, 3.05) is 0 Å². The van der Waals surface area contributed by atoms with Crippen LogP contribution in [-0.4, -0.2) is 14.8 Å². The van der Waals surface area contributed by atoms with Gasteiger partial charge in [-0.2, -0.15) is 0 Å². The summed E-state index contributed by atoms with van der Waals surface area (Å²) in [4.78, 5) is 5.32. The zero-order valence-electron chi connectivity index (χ0n) is 30.8. The van der Waals surface area contributed by atoms with Gasteiger partial charge in [0.05, 0.1) is 27.8 Å². The summed E-state index contributed by atoms with van der Waals surface area (Å²) in [5, 5.41) is 8.50. The van der Waals surface area contributed by atoms with E-state index in [9.17, 15) is 0 Å². The number of allylic oxidation sites excluding steroid dienone is 5. The molecule has 0 spiro atoms. The highest BCUT2D eigenvalue weighted by atomic mass is 15.3. The van der Waals surface area contributed by atoms with Crippen LogP contribution in [0.1, 0.15) is 35.3 Å². The maximum atomic E-state index is 5.32. The fourth-order valence-electron chi connectivity index (χ4n) is 8.82. The first-order valence-corrected chi connectivity index (χ1v) is 19.4. The Hall–Kier alpha value is -7.17. The Morgan fingerprint density at radius 3 is 1.86 bits per heavy atom. The van der Waals surface area contributed by atoms with Crippen LogP contribution in [0.4, 0.5) is 0 Å². The number of hydrogen-bond donors (Lipinski definition) is 1. The number of nitrogens with one attached hydrogen (secondary N) is 1. The summed E-state index contributed by atoms with van der Waals surface area (Å²) in [5.74, 6) is 0.349. The highest BCUT2D eigenvalue weighted by molar-refractivity contribution is 6.13. The lowest BCUT2D eigenvalue weighted by atomic mass is 9.87. The summed E-state index contributed by atoms with van der Waals surface area (Å²) in [7, 11) is 0. The fraction of sp³-hybridized carbons (Fsp3) is 0.0577. The second-order valence-corrected chi connectivity index (χ2v) is 14.8. The highest BCUT2D eigenvalue weighted by Gasteiger charge is 2.21. The Bertz CT molecular complexity index is 3070. The number of benzene rings is 7. The molecule has 2 unspecified atom stereocenters. The lowest BCUT2D eigenvalue weighted by Crippen LogP contribution is -2.25. The number of para-hydroxylation sites is 3. The van der Waals surface area contributed by atoms with E-state index in [2.05, 4.69) is 209 Å². The van der Waals surface area contributed by atoms with E-state index in [0.29, 0.717) is 5.92 Å². The van der Waals surface area contributed by atoms with E-state index in [-0.39, 0.29) is 6.29 Å². The summed E-state index contributed by atoms with van der Waals surface area (Å²) < 4.78 is 4.71. The van der Waals surface area contributed by atoms with Crippen LogP contribution in [0.3, 0.4) is 0 Å². The molecule has 0 saturated carbocycles. The number of rotatable bonds is 6. The van der Waals surface area contributed by atoms with Gasteiger partial charge in [-0.25, -0.2) is 4.99 Å². The normalized spacial score (nSPS) is 16.7. The number of hydrogen-bond acceptors (Lipinski definition) is 2. The zero-order valence-corrected chi connectivity index (χ0v) is 30.8. The smallest absolute Gasteiger partial charge is 0.201 e. The average Bonchev–Trinajstić information content (AvgIpc) is 3.79. The Morgan fingerprint density at radius 2 is 1.09 bits per heavy atom.